The summed E-state index contributed by atoms with van der Waals surface area (Å²) in [6.07, 6.45) is 3.43. The van der Waals surface area contributed by atoms with Crippen LogP contribution in [0.3, 0.4) is 0 Å². The van der Waals surface area contributed by atoms with Crippen molar-refractivity contribution in [3.05, 3.63) is 59.9 Å². The Kier molecular flexibility index (Phi) is 4.88. The molecule has 3 rings (SSSR count). The van der Waals surface area contributed by atoms with E-state index in [0.29, 0.717) is 13.2 Å². The lowest BCUT2D eigenvalue weighted by Gasteiger charge is -2.21. The molecule has 0 spiro atoms. The second kappa shape index (κ2) is 7.24. The van der Waals surface area contributed by atoms with Gasteiger partial charge in [-0.15, -0.1) is 0 Å². The summed E-state index contributed by atoms with van der Waals surface area (Å²) >= 11 is 0. The number of rotatable bonds is 6. The van der Waals surface area contributed by atoms with Crippen LogP contribution in [-0.4, -0.2) is 33.5 Å². The van der Waals surface area contributed by atoms with Crippen molar-refractivity contribution >= 4 is 5.97 Å². The zero-order chi connectivity index (χ0) is 16.1. The number of pyridine rings is 1. The van der Waals surface area contributed by atoms with Crippen LogP contribution in [0.15, 0.2) is 48.7 Å². The van der Waals surface area contributed by atoms with Gasteiger partial charge in [0.25, 0.3) is 0 Å². The van der Waals surface area contributed by atoms with Crippen LogP contribution in [0.2, 0.25) is 0 Å². The quantitative estimate of drug-likeness (QED) is 0.888. The first-order chi connectivity index (χ1) is 11.2. The molecule has 5 nitrogen and oxygen atoms in total. The van der Waals surface area contributed by atoms with E-state index in [1.54, 1.807) is 6.20 Å². The van der Waals surface area contributed by atoms with Crippen molar-refractivity contribution in [3.8, 4) is 5.75 Å². The Morgan fingerprint density at radius 1 is 1.26 bits per heavy atom. The molecule has 1 aromatic heterocycles. The van der Waals surface area contributed by atoms with Gasteiger partial charge in [-0.05, 0) is 49.2 Å². The van der Waals surface area contributed by atoms with Crippen molar-refractivity contribution in [1.82, 2.24) is 9.88 Å². The summed E-state index contributed by atoms with van der Waals surface area (Å²) in [6, 6.07) is 13.2. The fraction of sp³-hybridized carbons (Fsp3) is 0.333. The van der Waals surface area contributed by atoms with E-state index in [4.69, 9.17) is 4.74 Å². The van der Waals surface area contributed by atoms with Gasteiger partial charge in [-0.2, -0.15) is 0 Å². The van der Waals surface area contributed by atoms with Gasteiger partial charge in [0.1, 0.15) is 18.4 Å². The van der Waals surface area contributed by atoms with E-state index in [0.717, 1.165) is 36.4 Å². The van der Waals surface area contributed by atoms with E-state index in [-0.39, 0.29) is 6.04 Å². The number of nitrogens with zero attached hydrogens (tertiary/aromatic N) is 2. The summed E-state index contributed by atoms with van der Waals surface area (Å²) in [7, 11) is 0. The predicted molar refractivity (Wildman–Crippen MR) is 86.1 cm³/mol. The molecule has 1 N–H and O–H groups in total. The molecule has 5 heteroatoms. The van der Waals surface area contributed by atoms with Crippen molar-refractivity contribution in [2.45, 2.75) is 32.0 Å². The molecule has 1 fully saturated rings. The normalized spacial score (nSPS) is 18.0. The van der Waals surface area contributed by atoms with Gasteiger partial charge < -0.3 is 9.84 Å². The summed E-state index contributed by atoms with van der Waals surface area (Å²) in [4.78, 5) is 17.4. The Labute approximate surface area is 135 Å². The zero-order valence-corrected chi connectivity index (χ0v) is 12.9. The molecular formula is C18H20N2O3. The number of aromatic nitrogens is 1. The third-order valence-electron chi connectivity index (χ3n) is 4.07. The van der Waals surface area contributed by atoms with Gasteiger partial charge in [-0.3, -0.25) is 14.7 Å². The van der Waals surface area contributed by atoms with E-state index in [1.807, 2.05) is 47.4 Å². The van der Waals surface area contributed by atoms with Gasteiger partial charge in [0.15, 0.2) is 0 Å². The van der Waals surface area contributed by atoms with E-state index >= 15 is 0 Å². The first kappa shape index (κ1) is 15.5. The van der Waals surface area contributed by atoms with Gasteiger partial charge in [0, 0.05) is 12.7 Å². The average molecular weight is 312 g/mol. The number of carboxylic acid groups (broad SMARTS) is 1. The minimum atomic E-state index is -0.724. The number of likely N-dealkylation sites (tertiary alicyclic amines) is 1. The minimum Gasteiger partial charge on any atom is -0.487 e. The fourth-order valence-electron chi connectivity index (χ4n) is 2.86. The van der Waals surface area contributed by atoms with Gasteiger partial charge in [0.2, 0.25) is 0 Å². The minimum absolute atomic E-state index is 0.352. The molecule has 2 heterocycles. The maximum absolute atomic E-state index is 11.2. The summed E-state index contributed by atoms with van der Waals surface area (Å²) in [5.74, 6) is 0.0634. The number of hydrogen-bond donors (Lipinski definition) is 1. The molecule has 0 aliphatic carbocycles. The smallest absolute Gasteiger partial charge is 0.320 e. The lowest BCUT2D eigenvalue weighted by atomic mass is 10.2. The maximum atomic E-state index is 11.2. The third kappa shape index (κ3) is 4.07. The molecule has 1 saturated heterocycles. The lowest BCUT2D eigenvalue weighted by molar-refractivity contribution is -0.142. The Morgan fingerprint density at radius 2 is 2.09 bits per heavy atom. The van der Waals surface area contributed by atoms with Crippen molar-refractivity contribution in [1.29, 1.82) is 0 Å². The Morgan fingerprint density at radius 3 is 2.78 bits per heavy atom. The fourth-order valence-corrected chi connectivity index (χ4v) is 2.86. The van der Waals surface area contributed by atoms with E-state index in [2.05, 4.69) is 4.98 Å². The average Bonchev–Trinajstić information content (AvgIpc) is 3.04. The van der Waals surface area contributed by atoms with Crippen LogP contribution in [0.5, 0.6) is 5.75 Å². The maximum Gasteiger partial charge on any atom is 0.320 e. The van der Waals surface area contributed by atoms with Crippen LogP contribution in [0.1, 0.15) is 24.1 Å². The molecule has 0 bridgehead atoms. The molecule has 1 aliphatic rings. The molecule has 1 aromatic carbocycles. The van der Waals surface area contributed by atoms with E-state index in [1.165, 1.54) is 0 Å². The second-order valence-electron chi connectivity index (χ2n) is 5.72. The lowest BCUT2D eigenvalue weighted by Crippen LogP contribution is -2.35. The molecule has 0 saturated carbocycles. The van der Waals surface area contributed by atoms with Crippen LogP contribution < -0.4 is 4.74 Å². The standard InChI is InChI=1S/C18H20N2O3/c21-18(22)17-5-3-11-20(17)12-14-6-8-16(9-7-14)23-13-15-4-1-2-10-19-15/h1-2,4,6-10,17H,3,5,11-13H2,(H,21,22)/t17-/m1/s1. The number of hydrogen-bond acceptors (Lipinski definition) is 4. The van der Waals surface area contributed by atoms with Crippen LogP contribution in [-0.2, 0) is 17.9 Å². The molecule has 2 aromatic rings. The number of ether oxygens (including phenoxy) is 1. The highest BCUT2D eigenvalue weighted by Crippen LogP contribution is 2.21. The number of carbonyl (C=O) groups is 1. The Hall–Kier alpha value is -2.40. The van der Waals surface area contributed by atoms with Crippen molar-refractivity contribution < 1.29 is 14.6 Å². The first-order valence-electron chi connectivity index (χ1n) is 7.81. The number of benzene rings is 1. The Bertz CT molecular complexity index is 643. The largest absolute Gasteiger partial charge is 0.487 e. The summed E-state index contributed by atoms with van der Waals surface area (Å²) in [6.45, 7) is 1.94. The van der Waals surface area contributed by atoms with Crippen molar-refractivity contribution in [2.24, 2.45) is 0 Å². The summed E-state index contributed by atoms with van der Waals surface area (Å²) in [5.41, 5.74) is 1.99. The van der Waals surface area contributed by atoms with Gasteiger partial charge in [0.05, 0.1) is 5.69 Å². The number of aliphatic carboxylic acids is 1. The highest BCUT2D eigenvalue weighted by Gasteiger charge is 2.30. The van der Waals surface area contributed by atoms with Gasteiger partial charge >= 0.3 is 5.97 Å². The number of carboxylic acids is 1. The van der Waals surface area contributed by atoms with Crippen LogP contribution in [0, 0.1) is 0 Å². The van der Waals surface area contributed by atoms with Crippen molar-refractivity contribution in [3.63, 3.8) is 0 Å². The monoisotopic (exact) mass is 312 g/mol. The van der Waals surface area contributed by atoms with Gasteiger partial charge in [-0.25, -0.2) is 0 Å². The second-order valence-corrected chi connectivity index (χ2v) is 5.72. The molecule has 120 valence electrons. The predicted octanol–water partition coefficient (Wildman–Crippen LogP) is 2.71. The SMILES string of the molecule is O=C(O)[C@H]1CCCN1Cc1ccc(OCc2ccccn2)cc1. The van der Waals surface area contributed by atoms with Crippen LogP contribution >= 0.6 is 0 Å². The molecule has 0 amide bonds. The molecule has 23 heavy (non-hydrogen) atoms. The highest BCUT2D eigenvalue weighted by atomic mass is 16.5. The highest BCUT2D eigenvalue weighted by molar-refractivity contribution is 5.73. The molecule has 1 atom stereocenters. The Balaban J connectivity index is 1.56. The van der Waals surface area contributed by atoms with E-state index in [9.17, 15) is 9.90 Å². The topological polar surface area (TPSA) is 62.7 Å². The van der Waals surface area contributed by atoms with Crippen molar-refractivity contribution in [2.75, 3.05) is 6.54 Å². The van der Waals surface area contributed by atoms with E-state index < -0.39 is 5.97 Å². The molecule has 0 unspecified atom stereocenters. The molecule has 0 radical (unpaired) electrons. The van der Waals surface area contributed by atoms with Crippen LogP contribution in [0.4, 0.5) is 0 Å². The third-order valence-corrected chi connectivity index (χ3v) is 4.07. The molecule has 1 aliphatic heterocycles. The summed E-state index contributed by atoms with van der Waals surface area (Å²) in [5, 5.41) is 9.22. The molecular weight excluding hydrogens is 292 g/mol. The van der Waals surface area contributed by atoms with Gasteiger partial charge in [-0.1, -0.05) is 18.2 Å². The summed E-state index contributed by atoms with van der Waals surface area (Å²) < 4.78 is 5.71. The first-order valence-corrected chi connectivity index (χ1v) is 7.81. The zero-order valence-electron chi connectivity index (χ0n) is 12.9. The van der Waals surface area contributed by atoms with Crippen LogP contribution in [0.25, 0.3) is 0 Å².